The van der Waals surface area contributed by atoms with E-state index in [2.05, 4.69) is 0 Å². The fourth-order valence-corrected chi connectivity index (χ4v) is 1.74. The zero-order valence-corrected chi connectivity index (χ0v) is 9.25. The summed E-state index contributed by atoms with van der Waals surface area (Å²) in [5, 5.41) is 9.46. The first-order valence-electron chi connectivity index (χ1n) is 5.09. The summed E-state index contributed by atoms with van der Waals surface area (Å²) < 4.78 is 1.93. The maximum absolute atomic E-state index is 11.0. The predicted molar refractivity (Wildman–Crippen MR) is 64.6 cm³/mol. The average molecular weight is 229 g/mol. The highest BCUT2D eigenvalue weighted by Gasteiger charge is 2.07. The SMILES string of the molecule is Cn1cc(/C=C/C(=O)C(=O)O)c2ccccc21. The standard InChI is InChI=1S/C13H11NO3/c1-14-8-9(6-7-12(15)13(16)17)10-4-2-3-5-11(10)14/h2-8H,1H3,(H,16,17)/b7-6+. The molecule has 86 valence electrons. The third-order valence-corrected chi connectivity index (χ3v) is 2.55. The van der Waals surface area contributed by atoms with Crippen LogP contribution in [0.25, 0.3) is 17.0 Å². The van der Waals surface area contributed by atoms with Gasteiger partial charge in [0.2, 0.25) is 0 Å². The molecule has 0 saturated carbocycles. The second kappa shape index (κ2) is 4.25. The smallest absolute Gasteiger partial charge is 0.376 e. The molecule has 0 radical (unpaired) electrons. The van der Waals surface area contributed by atoms with E-state index < -0.39 is 11.8 Å². The molecule has 0 saturated heterocycles. The third kappa shape index (κ3) is 2.10. The number of hydrogen-bond acceptors (Lipinski definition) is 2. The van der Waals surface area contributed by atoms with Crippen LogP contribution in [-0.4, -0.2) is 21.4 Å². The summed E-state index contributed by atoms with van der Waals surface area (Å²) in [4.78, 5) is 21.3. The zero-order chi connectivity index (χ0) is 12.4. The van der Waals surface area contributed by atoms with Crippen molar-refractivity contribution in [2.24, 2.45) is 7.05 Å². The van der Waals surface area contributed by atoms with Gasteiger partial charge in [-0.2, -0.15) is 0 Å². The number of ketones is 1. The topological polar surface area (TPSA) is 59.3 Å². The normalized spacial score (nSPS) is 11.1. The van der Waals surface area contributed by atoms with Gasteiger partial charge in [0.05, 0.1) is 0 Å². The van der Waals surface area contributed by atoms with Gasteiger partial charge in [0.15, 0.2) is 0 Å². The fraction of sp³-hybridized carbons (Fsp3) is 0.0769. The van der Waals surface area contributed by atoms with Crippen LogP contribution in [0.4, 0.5) is 0 Å². The Bertz CT molecular complexity index is 623. The van der Waals surface area contributed by atoms with E-state index in [4.69, 9.17) is 5.11 Å². The van der Waals surface area contributed by atoms with Crippen LogP contribution in [0.3, 0.4) is 0 Å². The summed E-state index contributed by atoms with van der Waals surface area (Å²) in [7, 11) is 1.90. The highest BCUT2D eigenvalue weighted by Crippen LogP contribution is 2.21. The van der Waals surface area contributed by atoms with Crippen LogP contribution in [0.2, 0.25) is 0 Å². The van der Waals surface area contributed by atoms with Gasteiger partial charge >= 0.3 is 5.97 Å². The lowest BCUT2D eigenvalue weighted by atomic mass is 10.1. The molecule has 0 atom stereocenters. The van der Waals surface area contributed by atoms with Gasteiger partial charge in [-0.3, -0.25) is 4.79 Å². The first-order chi connectivity index (χ1) is 8.09. The first-order valence-corrected chi connectivity index (χ1v) is 5.09. The Morgan fingerprint density at radius 3 is 2.71 bits per heavy atom. The number of carboxylic acids is 1. The van der Waals surface area contributed by atoms with E-state index in [1.807, 2.05) is 42.1 Å². The highest BCUT2D eigenvalue weighted by atomic mass is 16.4. The van der Waals surface area contributed by atoms with E-state index in [1.165, 1.54) is 6.08 Å². The molecule has 0 bridgehead atoms. The minimum Gasteiger partial charge on any atom is -0.475 e. The molecule has 1 heterocycles. The number of para-hydroxylation sites is 1. The van der Waals surface area contributed by atoms with Crippen molar-refractivity contribution in [2.75, 3.05) is 0 Å². The Balaban J connectivity index is 2.43. The van der Waals surface area contributed by atoms with Gasteiger partial charge in [-0.15, -0.1) is 0 Å². The van der Waals surface area contributed by atoms with E-state index in [1.54, 1.807) is 0 Å². The number of carbonyl (C=O) groups is 2. The van der Waals surface area contributed by atoms with Gasteiger partial charge in [-0.25, -0.2) is 4.79 Å². The molecule has 0 aliphatic rings. The summed E-state index contributed by atoms with van der Waals surface area (Å²) in [5.74, 6) is -2.36. The summed E-state index contributed by atoms with van der Waals surface area (Å²) in [5.41, 5.74) is 1.87. The lowest BCUT2D eigenvalue weighted by Gasteiger charge is -1.92. The van der Waals surface area contributed by atoms with Gasteiger partial charge in [-0.1, -0.05) is 18.2 Å². The van der Waals surface area contributed by atoms with Crippen LogP contribution in [0, 0.1) is 0 Å². The van der Waals surface area contributed by atoms with Crippen LogP contribution in [0.5, 0.6) is 0 Å². The zero-order valence-electron chi connectivity index (χ0n) is 9.25. The van der Waals surface area contributed by atoms with Crippen LogP contribution >= 0.6 is 0 Å². The van der Waals surface area contributed by atoms with E-state index in [0.29, 0.717) is 0 Å². The van der Waals surface area contributed by atoms with Gasteiger partial charge in [0, 0.05) is 29.7 Å². The van der Waals surface area contributed by atoms with Crippen LogP contribution in [-0.2, 0) is 16.6 Å². The molecule has 0 unspecified atom stereocenters. The monoisotopic (exact) mass is 229 g/mol. The number of aryl methyl sites for hydroxylation is 1. The van der Waals surface area contributed by atoms with Gasteiger partial charge < -0.3 is 9.67 Å². The van der Waals surface area contributed by atoms with Crippen molar-refractivity contribution in [1.82, 2.24) is 4.57 Å². The molecule has 0 spiro atoms. The lowest BCUT2D eigenvalue weighted by Crippen LogP contribution is -2.08. The molecule has 4 heteroatoms. The van der Waals surface area contributed by atoms with Crippen molar-refractivity contribution < 1.29 is 14.7 Å². The molecule has 0 amide bonds. The second-order valence-electron chi connectivity index (χ2n) is 3.72. The fourth-order valence-electron chi connectivity index (χ4n) is 1.74. The highest BCUT2D eigenvalue weighted by molar-refractivity contribution is 6.38. The number of aliphatic carboxylic acids is 1. The van der Waals surface area contributed by atoms with Gasteiger partial charge in [0.1, 0.15) is 0 Å². The Morgan fingerprint density at radius 1 is 1.29 bits per heavy atom. The van der Waals surface area contributed by atoms with Crippen molar-refractivity contribution in [3.8, 4) is 0 Å². The number of fused-ring (bicyclic) bond motifs is 1. The van der Waals surface area contributed by atoms with Crippen LogP contribution in [0.1, 0.15) is 5.56 Å². The van der Waals surface area contributed by atoms with Crippen molar-refractivity contribution >= 4 is 28.7 Å². The number of nitrogens with zero attached hydrogens (tertiary/aromatic N) is 1. The number of carbonyl (C=O) groups excluding carboxylic acids is 1. The minimum atomic E-state index is -1.44. The van der Waals surface area contributed by atoms with E-state index in [-0.39, 0.29) is 0 Å². The molecule has 2 aromatic rings. The number of hydrogen-bond donors (Lipinski definition) is 1. The molecule has 1 aromatic carbocycles. The molecule has 4 nitrogen and oxygen atoms in total. The third-order valence-electron chi connectivity index (χ3n) is 2.55. The van der Waals surface area contributed by atoms with Crippen molar-refractivity contribution in [3.05, 3.63) is 42.1 Å². The van der Waals surface area contributed by atoms with E-state index in [0.717, 1.165) is 22.5 Å². The first kappa shape index (κ1) is 11.1. The quantitative estimate of drug-likeness (QED) is 0.645. The molecule has 1 aromatic heterocycles. The molecule has 17 heavy (non-hydrogen) atoms. The molecule has 0 fully saturated rings. The second-order valence-corrected chi connectivity index (χ2v) is 3.72. The molecule has 2 rings (SSSR count). The Morgan fingerprint density at radius 2 is 2.00 bits per heavy atom. The molecular formula is C13H11NO3. The summed E-state index contributed by atoms with van der Waals surface area (Å²) >= 11 is 0. The van der Waals surface area contributed by atoms with Crippen LogP contribution < -0.4 is 0 Å². The summed E-state index contributed by atoms with van der Waals surface area (Å²) in [6.45, 7) is 0. The van der Waals surface area contributed by atoms with Crippen molar-refractivity contribution in [1.29, 1.82) is 0 Å². The molecule has 0 aliphatic carbocycles. The lowest BCUT2D eigenvalue weighted by molar-refractivity contribution is -0.146. The predicted octanol–water partition coefficient (Wildman–Crippen LogP) is 1.85. The Kier molecular flexibility index (Phi) is 2.78. The van der Waals surface area contributed by atoms with Crippen molar-refractivity contribution in [3.63, 3.8) is 0 Å². The van der Waals surface area contributed by atoms with E-state index in [9.17, 15) is 9.59 Å². The van der Waals surface area contributed by atoms with E-state index >= 15 is 0 Å². The molecular weight excluding hydrogens is 218 g/mol. The largest absolute Gasteiger partial charge is 0.475 e. The summed E-state index contributed by atoms with van der Waals surface area (Å²) in [6.07, 6.45) is 4.46. The average Bonchev–Trinajstić information content (AvgIpc) is 2.64. The summed E-state index contributed by atoms with van der Waals surface area (Å²) in [6, 6.07) is 7.73. The Labute approximate surface area is 97.8 Å². The number of benzene rings is 1. The minimum absolute atomic E-state index is 0.831. The number of aromatic nitrogens is 1. The van der Waals surface area contributed by atoms with Crippen LogP contribution in [0.15, 0.2) is 36.5 Å². The maximum Gasteiger partial charge on any atom is 0.376 e. The van der Waals surface area contributed by atoms with Gasteiger partial charge in [0.25, 0.3) is 5.78 Å². The Hall–Kier alpha value is -2.36. The molecule has 0 aliphatic heterocycles. The maximum atomic E-state index is 11.0. The number of rotatable bonds is 3. The van der Waals surface area contributed by atoms with Gasteiger partial charge in [-0.05, 0) is 18.2 Å². The number of carboxylic acid groups (broad SMARTS) is 1. The van der Waals surface area contributed by atoms with Crippen molar-refractivity contribution in [2.45, 2.75) is 0 Å². The molecule has 1 N–H and O–H groups in total.